The van der Waals surface area contributed by atoms with Gasteiger partial charge in [-0.25, -0.2) is 0 Å². The Hall–Kier alpha value is -2.34. The van der Waals surface area contributed by atoms with Crippen molar-refractivity contribution in [3.05, 3.63) is 47.3 Å². The molecule has 1 aromatic carbocycles. The molecular formula is C19H24N2O4. The van der Waals surface area contributed by atoms with Crippen LogP contribution in [0, 0.1) is 19.8 Å². The summed E-state index contributed by atoms with van der Waals surface area (Å²) in [5.74, 6) is -0.399. The lowest BCUT2D eigenvalue weighted by molar-refractivity contribution is -0.151. The number of ether oxygens (including phenoxy) is 2. The Morgan fingerprint density at radius 1 is 1.40 bits per heavy atom. The summed E-state index contributed by atoms with van der Waals surface area (Å²) in [7, 11) is 0. The van der Waals surface area contributed by atoms with Crippen molar-refractivity contribution in [1.82, 2.24) is 9.78 Å². The minimum Gasteiger partial charge on any atom is -0.491 e. The first-order chi connectivity index (χ1) is 12.1. The van der Waals surface area contributed by atoms with E-state index in [2.05, 4.69) is 5.10 Å². The van der Waals surface area contributed by atoms with E-state index in [0.29, 0.717) is 26.2 Å². The molecule has 134 valence electrons. The van der Waals surface area contributed by atoms with Crippen LogP contribution in [-0.4, -0.2) is 34.1 Å². The van der Waals surface area contributed by atoms with Crippen LogP contribution in [0.1, 0.15) is 35.6 Å². The lowest BCUT2D eigenvalue weighted by Crippen LogP contribution is -2.28. The lowest BCUT2D eigenvalue weighted by atomic mass is 9.91. The summed E-state index contributed by atoms with van der Waals surface area (Å²) < 4.78 is 13.4. The number of aliphatic carboxylic acids is 1. The third-order valence-corrected chi connectivity index (χ3v) is 4.60. The highest BCUT2D eigenvalue weighted by molar-refractivity contribution is 5.71. The van der Waals surface area contributed by atoms with E-state index in [1.54, 1.807) is 10.9 Å². The topological polar surface area (TPSA) is 73.6 Å². The van der Waals surface area contributed by atoms with Crippen molar-refractivity contribution in [3.8, 4) is 5.75 Å². The third-order valence-electron chi connectivity index (χ3n) is 4.60. The fraction of sp³-hybridized carbons (Fsp3) is 0.474. The maximum Gasteiger partial charge on any atom is 0.309 e. The number of hydrogen-bond acceptors (Lipinski definition) is 4. The molecule has 3 rings (SSSR count). The number of benzene rings is 1. The summed E-state index contributed by atoms with van der Waals surface area (Å²) in [6, 6.07) is 6.07. The van der Waals surface area contributed by atoms with Gasteiger partial charge >= 0.3 is 5.97 Å². The minimum atomic E-state index is -0.809. The van der Waals surface area contributed by atoms with E-state index in [0.717, 1.165) is 28.9 Å². The van der Waals surface area contributed by atoms with Gasteiger partial charge in [0.05, 0.1) is 24.8 Å². The maximum atomic E-state index is 11.4. The Morgan fingerprint density at radius 3 is 2.88 bits per heavy atom. The Balaban J connectivity index is 1.61. The summed E-state index contributed by atoms with van der Waals surface area (Å²) in [6.45, 7) is 5.75. The normalized spacial score (nSPS) is 20.4. The van der Waals surface area contributed by atoms with E-state index in [1.165, 1.54) is 0 Å². The summed E-state index contributed by atoms with van der Waals surface area (Å²) in [4.78, 5) is 11.4. The summed E-state index contributed by atoms with van der Waals surface area (Å²) in [5, 5.41) is 13.7. The Labute approximate surface area is 147 Å². The molecule has 2 heterocycles. The minimum absolute atomic E-state index is 0.417. The van der Waals surface area contributed by atoms with Gasteiger partial charge in [-0.05, 0) is 37.8 Å². The molecule has 1 N–H and O–H groups in total. The molecule has 2 atom stereocenters. The summed E-state index contributed by atoms with van der Waals surface area (Å²) in [6.07, 6.45) is 4.57. The zero-order valence-electron chi connectivity index (χ0n) is 14.6. The molecule has 1 aromatic heterocycles. The Morgan fingerprint density at radius 2 is 2.16 bits per heavy atom. The Bertz CT molecular complexity index is 721. The van der Waals surface area contributed by atoms with Gasteiger partial charge in [-0.2, -0.15) is 5.10 Å². The average Bonchev–Trinajstić information content (AvgIpc) is 3.06. The second-order valence-corrected chi connectivity index (χ2v) is 6.48. The molecule has 2 aromatic rings. The van der Waals surface area contributed by atoms with Gasteiger partial charge < -0.3 is 14.6 Å². The highest BCUT2D eigenvalue weighted by Crippen LogP contribution is 2.33. The van der Waals surface area contributed by atoms with Gasteiger partial charge in [0.1, 0.15) is 12.4 Å². The van der Waals surface area contributed by atoms with Crippen molar-refractivity contribution < 1.29 is 19.4 Å². The van der Waals surface area contributed by atoms with Gasteiger partial charge in [-0.15, -0.1) is 0 Å². The largest absolute Gasteiger partial charge is 0.491 e. The van der Waals surface area contributed by atoms with E-state index in [4.69, 9.17) is 9.47 Å². The molecule has 0 unspecified atom stereocenters. The fourth-order valence-electron chi connectivity index (χ4n) is 3.28. The highest BCUT2D eigenvalue weighted by atomic mass is 16.5. The summed E-state index contributed by atoms with van der Waals surface area (Å²) in [5.41, 5.74) is 3.04. The highest BCUT2D eigenvalue weighted by Gasteiger charge is 2.33. The number of carbonyl (C=O) groups is 1. The van der Waals surface area contributed by atoms with E-state index < -0.39 is 18.0 Å². The standard InChI is InChI=1S/C19H24N2O4/c1-13-5-3-6-14(2)17(13)25-10-8-21-12-15(11-20-21)18-16(19(22)23)7-4-9-24-18/h3,5-6,11-12,16,18H,4,7-10H2,1-2H3,(H,22,23)/t16-,18+/m1/s1. The lowest BCUT2D eigenvalue weighted by Gasteiger charge is -2.28. The van der Waals surface area contributed by atoms with Crippen molar-refractivity contribution in [2.24, 2.45) is 5.92 Å². The molecule has 0 bridgehead atoms. The first-order valence-corrected chi connectivity index (χ1v) is 8.62. The number of hydrogen-bond donors (Lipinski definition) is 1. The van der Waals surface area contributed by atoms with Crippen LogP contribution in [0.25, 0.3) is 0 Å². The van der Waals surface area contributed by atoms with Gasteiger partial charge in [0.15, 0.2) is 0 Å². The average molecular weight is 344 g/mol. The quantitative estimate of drug-likeness (QED) is 0.871. The molecule has 0 aliphatic carbocycles. The number of carboxylic acid groups (broad SMARTS) is 1. The number of aromatic nitrogens is 2. The van der Waals surface area contributed by atoms with Crippen LogP contribution in [0.2, 0.25) is 0 Å². The number of rotatable bonds is 6. The first kappa shape index (κ1) is 17.5. The van der Waals surface area contributed by atoms with Crippen LogP contribution < -0.4 is 4.74 Å². The van der Waals surface area contributed by atoms with Crippen molar-refractivity contribution in [3.63, 3.8) is 0 Å². The van der Waals surface area contributed by atoms with Crippen molar-refractivity contribution in [2.45, 2.75) is 39.3 Å². The maximum absolute atomic E-state index is 11.4. The van der Waals surface area contributed by atoms with Crippen LogP contribution >= 0.6 is 0 Å². The first-order valence-electron chi connectivity index (χ1n) is 8.62. The predicted molar refractivity (Wildman–Crippen MR) is 92.7 cm³/mol. The molecule has 1 aliphatic heterocycles. The van der Waals surface area contributed by atoms with E-state index in [1.807, 2.05) is 38.2 Å². The van der Waals surface area contributed by atoms with Gasteiger partial charge in [0.25, 0.3) is 0 Å². The van der Waals surface area contributed by atoms with E-state index in [-0.39, 0.29) is 0 Å². The molecule has 0 spiro atoms. The van der Waals surface area contributed by atoms with Crippen LogP contribution in [0.5, 0.6) is 5.75 Å². The monoisotopic (exact) mass is 344 g/mol. The SMILES string of the molecule is Cc1cccc(C)c1OCCn1cc([C@@H]2OCCC[C@H]2C(=O)O)cn1. The number of aryl methyl sites for hydroxylation is 2. The van der Waals surface area contributed by atoms with Crippen molar-refractivity contribution >= 4 is 5.97 Å². The number of nitrogens with zero attached hydrogens (tertiary/aromatic N) is 2. The second-order valence-electron chi connectivity index (χ2n) is 6.48. The van der Waals surface area contributed by atoms with Gasteiger partial charge in [-0.3, -0.25) is 9.48 Å². The Kier molecular flexibility index (Phi) is 5.38. The van der Waals surface area contributed by atoms with E-state index in [9.17, 15) is 9.90 Å². The second kappa shape index (κ2) is 7.70. The molecule has 0 amide bonds. The molecule has 6 heteroatoms. The smallest absolute Gasteiger partial charge is 0.309 e. The molecule has 0 saturated carbocycles. The molecular weight excluding hydrogens is 320 g/mol. The zero-order valence-corrected chi connectivity index (χ0v) is 14.6. The zero-order chi connectivity index (χ0) is 17.8. The summed E-state index contributed by atoms with van der Waals surface area (Å²) >= 11 is 0. The molecule has 1 aliphatic rings. The van der Waals surface area contributed by atoms with Crippen molar-refractivity contribution in [1.29, 1.82) is 0 Å². The molecule has 6 nitrogen and oxygen atoms in total. The molecule has 25 heavy (non-hydrogen) atoms. The molecule has 1 saturated heterocycles. The van der Waals surface area contributed by atoms with Gasteiger partial charge in [-0.1, -0.05) is 18.2 Å². The number of carboxylic acids is 1. The number of para-hydroxylation sites is 1. The molecule has 0 radical (unpaired) electrons. The predicted octanol–water partition coefficient (Wildman–Crippen LogP) is 3.13. The molecule has 1 fully saturated rings. The van der Waals surface area contributed by atoms with E-state index >= 15 is 0 Å². The van der Waals surface area contributed by atoms with Gasteiger partial charge in [0.2, 0.25) is 0 Å². The van der Waals surface area contributed by atoms with Crippen molar-refractivity contribution in [2.75, 3.05) is 13.2 Å². The fourth-order valence-corrected chi connectivity index (χ4v) is 3.28. The van der Waals surface area contributed by atoms with Gasteiger partial charge in [0, 0.05) is 18.4 Å². The van der Waals surface area contributed by atoms with Crippen LogP contribution in [0.15, 0.2) is 30.6 Å². The van der Waals surface area contributed by atoms with Crippen LogP contribution in [0.3, 0.4) is 0 Å². The third kappa shape index (κ3) is 4.02. The van der Waals surface area contributed by atoms with Crippen LogP contribution in [0.4, 0.5) is 0 Å². The van der Waals surface area contributed by atoms with Crippen LogP contribution in [-0.2, 0) is 16.1 Å².